The molecule has 0 aliphatic heterocycles. The number of hydrazine groups is 1. The fourth-order valence-corrected chi connectivity index (χ4v) is 0.888. The molecule has 0 unspecified atom stereocenters. The van der Waals surface area contributed by atoms with Crippen molar-refractivity contribution in [3.63, 3.8) is 0 Å². The second-order valence-corrected chi connectivity index (χ2v) is 3.03. The number of rotatable bonds is 5. The molecule has 0 aromatic heterocycles. The SMILES string of the molecule is CC=CN(NC)C(=O)OCCCBr. The summed E-state index contributed by atoms with van der Waals surface area (Å²) in [5.74, 6) is 0. The van der Waals surface area contributed by atoms with Crippen LogP contribution in [0.25, 0.3) is 0 Å². The summed E-state index contributed by atoms with van der Waals surface area (Å²) in [6.45, 7) is 2.26. The quantitative estimate of drug-likeness (QED) is 0.461. The highest BCUT2D eigenvalue weighted by Crippen LogP contribution is 1.94. The van der Waals surface area contributed by atoms with E-state index in [0.29, 0.717) is 6.61 Å². The van der Waals surface area contributed by atoms with Crippen LogP contribution in [0.3, 0.4) is 0 Å². The Morgan fingerprint density at radius 2 is 2.38 bits per heavy atom. The number of hydrogen-bond acceptors (Lipinski definition) is 3. The summed E-state index contributed by atoms with van der Waals surface area (Å²) in [5, 5.41) is 2.12. The molecule has 1 amide bonds. The second kappa shape index (κ2) is 8.07. The first-order valence-corrected chi connectivity index (χ1v) is 5.20. The van der Waals surface area contributed by atoms with Gasteiger partial charge in [0, 0.05) is 18.6 Å². The number of carbonyl (C=O) groups excluding carboxylic acids is 1. The monoisotopic (exact) mass is 250 g/mol. The van der Waals surface area contributed by atoms with Crippen molar-refractivity contribution >= 4 is 22.0 Å². The van der Waals surface area contributed by atoms with Crippen molar-refractivity contribution in [1.29, 1.82) is 0 Å². The lowest BCUT2D eigenvalue weighted by molar-refractivity contribution is 0.106. The lowest BCUT2D eigenvalue weighted by Gasteiger charge is -2.15. The van der Waals surface area contributed by atoms with Gasteiger partial charge < -0.3 is 4.74 Å². The molecule has 1 N–H and O–H groups in total. The second-order valence-electron chi connectivity index (χ2n) is 2.23. The minimum absolute atomic E-state index is 0.387. The van der Waals surface area contributed by atoms with Crippen molar-refractivity contribution in [3.8, 4) is 0 Å². The summed E-state index contributed by atoms with van der Waals surface area (Å²) >= 11 is 3.25. The van der Waals surface area contributed by atoms with Crippen molar-refractivity contribution in [3.05, 3.63) is 12.3 Å². The normalized spacial score (nSPS) is 10.4. The van der Waals surface area contributed by atoms with Gasteiger partial charge in [0.2, 0.25) is 0 Å². The average molecular weight is 251 g/mol. The number of alkyl halides is 1. The van der Waals surface area contributed by atoms with Crippen LogP contribution in [-0.2, 0) is 4.74 Å². The first kappa shape index (κ1) is 12.4. The molecule has 0 heterocycles. The first-order valence-electron chi connectivity index (χ1n) is 4.08. The minimum Gasteiger partial charge on any atom is -0.448 e. The number of ether oxygens (including phenoxy) is 1. The molecule has 0 saturated carbocycles. The summed E-state index contributed by atoms with van der Waals surface area (Å²) < 4.78 is 4.93. The molecular weight excluding hydrogens is 236 g/mol. The average Bonchev–Trinajstić information content (AvgIpc) is 2.14. The molecule has 0 radical (unpaired) electrons. The Hall–Kier alpha value is -0.550. The van der Waals surface area contributed by atoms with Crippen LogP contribution in [0.2, 0.25) is 0 Å². The van der Waals surface area contributed by atoms with Crippen molar-refractivity contribution in [1.82, 2.24) is 10.4 Å². The lowest BCUT2D eigenvalue weighted by Crippen LogP contribution is -2.36. The Balaban J connectivity index is 3.77. The number of nitrogens with zero attached hydrogens (tertiary/aromatic N) is 1. The van der Waals surface area contributed by atoms with Crippen LogP contribution < -0.4 is 5.43 Å². The van der Waals surface area contributed by atoms with Gasteiger partial charge in [-0.2, -0.15) is 0 Å². The van der Waals surface area contributed by atoms with E-state index in [2.05, 4.69) is 21.4 Å². The molecule has 0 aliphatic rings. The standard InChI is InChI=1S/C8H15BrN2O2/c1-3-6-11(10-2)8(12)13-7-4-5-9/h3,6,10H,4-5,7H2,1-2H3. The van der Waals surface area contributed by atoms with E-state index in [0.717, 1.165) is 11.8 Å². The molecule has 0 fully saturated rings. The van der Waals surface area contributed by atoms with Gasteiger partial charge in [-0.3, -0.25) is 0 Å². The van der Waals surface area contributed by atoms with Crippen LogP contribution in [0.4, 0.5) is 4.79 Å². The predicted octanol–water partition coefficient (Wildman–Crippen LogP) is 1.88. The number of halogens is 1. The van der Waals surface area contributed by atoms with Crippen LogP contribution in [-0.4, -0.2) is 30.1 Å². The number of carbonyl (C=O) groups is 1. The molecule has 4 nitrogen and oxygen atoms in total. The third-order valence-corrected chi connectivity index (χ3v) is 1.80. The van der Waals surface area contributed by atoms with Gasteiger partial charge in [-0.1, -0.05) is 22.0 Å². The maximum atomic E-state index is 11.2. The van der Waals surface area contributed by atoms with Crippen molar-refractivity contribution < 1.29 is 9.53 Å². The molecule has 0 rings (SSSR count). The molecule has 76 valence electrons. The molecule has 0 aromatic carbocycles. The first-order chi connectivity index (χ1) is 6.26. The maximum Gasteiger partial charge on any atom is 0.428 e. The van der Waals surface area contributed by atoms with E-state index in [4.69, 9.17) is 4.74 Å². The van der Waals surface area contributed by atoms with Crippen LogP contribution in [0, 0.1) is 0 Å². The Morgan fingerprint density at radius 1 is 1.69 bits per heavy atom. The fraction of sp³-hybridized carbons (Fsp3) is 0.625. The third kappa shape index (κ3) is 5.65. The van der Waals surface area contributed by atoms with Crippen LogP contribution in [0.1, 0.15) is 13.3 Å². The van der Waals surface area contributed by atoms with Gasteiger partial charge in [0.05, 0.1) is 6.61 Å². The molecule has 5 heteroatoms. The third-order valence-electron chi connectivity index (χ3n) is 1.24. The number of allylic oxidation sites excluding steroid dienone is 1. The minimum atomic E-state index is -0.387. The van der Waals surface area contributed by atoms with Gasteiger partial charge in [-0.15, -0.1) is 0 Å². The van der Waals surface area contributed by atoms with Gasteiger partial charge in [-0.05, 0) is 13.3 Å². The molecule has 0 spiro atoms. The number of amides is 1. The van der Waals surface area contributed by atoms with Gasteiger partial charge in [0.25, 0.3) is 0 Å². The molecule has 0 saturated heterocycles. The fourth-order valence-electron chi connectivity index (χ4n) is 0.659. The molecular formula is C8H15BrN2O2. The van der Waals surface area contributed by atoms with Crippen molar-refractivity contribution in [2.75, 3.05) is 19.0 Å². The highest BCUT2D eigenvalue weighted by Gasteiger charge is 2.08. The van der Waals surface area contributed by atoms with Crippen LogP contribution >= 0.6 is 15.9 Å². The Kier molecular flexibility index (Phi) is 7.73. The van der Waals surface area contributed by atoms with Gasteiger partial charge >= 0.3 is 6.09 Å². The highest BCUT2D eigenvalue weighted by molar-refractivity contribution is 9.09. The highest BCUT2D eigenvalue weighted by atomic mass is 79.9. The smallest absolute Gasteiger partial charge is 0.428 e. The van der Waals surface area contributed by atoms with E-state index >= 15 is 0 Å². The van der Waals surface area contributed by atoms with E-state index in [1.54, 1.807) is 19.3 Å². The van der Waals surface area contributed by atoms with Crippen LogP contribution in [0.5, 0.6) is 0 Å². The van der Waals surface area contributed by atoms with Gasteiger partial charge in [0.1, 0.15) is 0 Å². The number of nitrogens with one attached hydrogen (secondary N) is 1. The van der Waals surface area contributed by atoms with Gasteiger partial charge in [-0.25, -0.2) is 15.2 Å². The predicted molar refractivity (Wildman–Crippen MR) is 55.5 cm³/mol. The van der Waals surface area contributed by atoms with Crippen molar-refractivity contribution in [2.45, 2.75) is 13.3 Å². The molecule has 0 bridgehead atoms. The molecule has 13 heavy (non-hydrogen) atoms. The lowest BCUT2D eigenvalue weighted by atomic mass is 10.5. The molecule has 0 aromatic rings. The zero-order chi connectivity index (χ0) is 10.1. The largest absolute Gasteiger partial charge is 0.448 e. The van der Waals surface area contributed by atoms with E-state index in [1.807, 2.05) is 6.92 Å². The van der Waals surface area contributed by atoms with Gasteiger partial charge in [0.15, 0.2) is 0 Å². The van der Waals surface area contributed by atoms with E-state index < -0.39 is 0 Å². The topological polar surface area (TPSA) is 41.6 Å². The summed E-state index contributed by atoms with van der Waals surface area (Å²) in [5.41, 5.74) is 2.69. The van der Waals surface area contributed by atoms with Crippen molar-refractivity contribution in [2.24, 2.45) is 0 Å². The summed E-state index contributed by atoms with van der Waals surface area (Å²) in [7, 11) is 1.66. The Morgan fingerprint density at radius 3 is 2.85 bits per heavy atom. The summed E-state index contributed by atoms with van der Waals surface area (Å²) in [4.78, 5) is 11.2. The Labute approximate surface area is 87.0 Å². The summed E-state index contributed by atoms with van der Waals surface area (Å²) in [6, 6.07) is 0. The Bertz CT molecular complexity index is 174. The van der Waals surface area contributed by atoms with Crippen LogP contribution in [0.15, 0.2) is 12.3 Å². The van der Waals surface area contributed by atoms with E-state index in [-0.39, 0.29) is 6.09 Å². The van der Waals surface area contributed by atoms with E-state index in [9.17, 15) is 4.79 Å². The van der Waals surface area contributed by atoms with E-state index in [1.165, 1.54) is 5.01 Å². The summed E-state index contributed by atoms with van der Waals surface area (Å²) in [6.07, 6.45) is 3.79. The molecule has 0 atom stereocenters. The number of hydrogen-bond donors (Lipinski definition) is 1. The molecule has 0 aliphatic carbocycles. The zero-order valence-corrected chi connectivity index (χ0v) is 9.50. The zero-order valence-electron chi connectivity index (χ0n) is 7.92. The maximum absolute atomic E-state index is 11.2.